The average molecular weight is 326 g/mol. The Morgan fingerprint density at radius 2 is 1.96 bits per heavy atom. The summed E-state index contributed by atoms with van der Waals surface area (Å²) in [5.41, 5.74) is 0.165. The van der Waals surface area contributed by atoms with E-state index >= 15 is 0 Å². The number of hydrogen-bond acceptors (Lipinski definition) is 3. The zero-order valence-electron chi connectivity index (χ0n) is 12.9. The molecule has 1 amide bonds. The lowest BCUT2D eigenvalue weighted by atomic mass is 10.1. The van der Waals surface area contributed by atoms with E-state index in [2.05, 4.69) is 5.32 Å². The number of halogens is 1. The molecule has 24 heavy (non-hydrogen) atoms. The van der Waals surface area contributed by atoms with Gasteiger partial charge in [0, 0.05) is 19.0 Å². The third-order valence-electron chi connectivity index (χ3n) is 3.84. The fraction of sp³-hybridized carbons (Fsp3) is 0.111. The van der Waals surface area contributed by atoms with Crippen molar-refractivity contribution in [3.63, 3.8) is 0 Å². The number of para-hydroxylation sites is 1. The summed E-state index contributed by atoms with van der Waals surface area (Å²) in [5, 5.41) is 13.3. The van der Waals surface area contributed by atoms with Crippen LogP contribution in [0.15, 0.2) is 53.3 Å². The molecule has 3 aromatic rings. The number of carbonyl (C=O) groups is 1. The number of nitrogens with one attached hydrogen (secondary N) is 1. The zero-order chi connectivity index (χ0) is 17.3. The third kappa shape index (κ3) is 2.74. The van der Waals surface area contributed by atoms with Gasteiger partial charge in [0.2, 0.25) is 0 Å². The smallest absolute Gasteiger partial charge is 0.267 e. The highest BCUT2D eigenvalue weighted by molar-refractivity contribution is 6.02. The summed E-state index contributed by atoms with van der Waals surface area (Å²) < 4.78 is 14.5. The minimum absolute atomic E-state index is 0.0476. The Hall–Kier alpha value is -3.15. The van der Waals surface area contributed by atoms with E-state index in [9.17, 15) is 19.1 Å². The van der Waals surface area contributed by atoms with E-state index < -0.39 is 17.3 Å². The van der Waals surface area contributed by atoms with Gasteiger partial charge in [-0.25, -0.2) is 4.39 Å². The molecule has 5 nitrogen and oxygen atoms in total. The molecule has 0 saturated heterocycles. The third-order valence-corrected chi connectivity index (χ3v) is 3.84. The number of fused-ring (bicyclic) bond motifs is 1. The molecule has 0 bridgehead atoms. The lowest BCUT2D eigenvalue weighted by Gasteiger charge is -2.12. The second-order valence-corrected chi connectivity index (χ2v) is 5.42. The van der Waals surface area contributed by atoms with Gasteiger partial charge in [-0.3, -0.25) is 9.59 Å². The van der Waals surface area contributed by atoms with Crippen LogP contribution < -0.4 is 10.9 Å². The number of nitrogens with zero attached hydrogens (tertiary/aromatic N) is 1. The summed E-state index contributed by atoms with van der Waals surface area (Å²) in [6, 6.07) is 12.5. The maximum atomic E-state index is 13.2. The van der Waals surface area contributed by atoms with Crippen LogP contribution in [-0.4, -0.2) is 15.6 Å². The normalized spacial score (nSPS) is 10.8. The van der Waals surface area contributed by atoms with Crippen LogP contribution in [0, 0.1) is 5.82 Å². The van der Waals surface area contributed by atoms with Crippen LogP contribution in [-0.2, 0) is 13.6 Å². The van der Waals surface area contributed by atoms with Crippen LogP contribution >= 0.6 is 0 Å². The van der Waals surface area contributed by atoms with Crippen molar-refractivity contribution in [3.8, 4) is 5.75 Å². The van der Waals surface area contributed by atoms with E-state index in [1.54, 1.807) is 30.3 Å². The van der Waals surface area contributed by atoms with E-state index in [1.165, 1.54) is 29.8 Å². The fourth-order valence-electron chi connectivity index (χ4n) is 2.60. The molecule has 0 radical (unpaired) electrons. The van der Waals surface area contributed by atoms with Crippen LogP contribution in [0.4, 0.5) is 4.39 Å². The predicted octanol–water partition coefficient (Wildman–Crippen LogP) is 2.31. The second kappa shape index (κ2) is 6.16. The van der Waals surface area contributed by atoms with Crippen LogP contribution in [0.5, 0.6) is 5.75 Å². The van der Waals surface area contributed by atoms with Gasteiger partial charge in [0.15, 0.2) is 0 Å². The highest BCUT2D eigenvalue weighted by Gasteiger charge is 2.20. The molecule has 0 saturated carbocycles. The lowest BCUT2D eigenvalue weighted by Crippen LogP contribution is -2.32. The number of carbonyl (C=O) groups excluding carboxylic acids is 1. The molecule has 1 aromatic heterocycles. The number of aryl methyl sites for hydroxylation is 1. The number of hydrogen-bond donors (Lipinski definition) is 2. The van der Waals surface area contributed by atoms with Gasteiger partial charge < -0.3 is 15.0 Å². The molecule has 3 rings (SSSR count). The van der Waals surface area contributed by atoms with Crippen molar-refractivity contribution >= 4 is 16.8 Å². The molecule has 0 aliphatic rings. The predicted molar refractivity (Wildman–Crippen MR) is 88.4 cm³/mol. The number of pyridine rings is 1. The molecule has 0 fully saturated rings. The quantitative estimate of drug-likeness (QED) is 0.776. The first-order valence-corrected chi connectivity index (χ1v) is 7.32. The van der Waals surface area contributed by atoms with Crippen LogP contribution in [0.1, 0.15) is 15.9 Å². The van der Waals surface area contributed by atoms with Gasteiger partial charge >= 0.3 is 0 Å². The van der Waals surface area contributed by atoms with Crippen LogP contribution in [0.3, 0.4) is 0 Å². The van der Waals surface area contributed by atoms with E-state index in [4.69, 9.17) is 0 Å². The molecule has 2 N–H and O–H groups in total. The van der Waals surface area contributed by atoms with Gasteiger partial charge in [-0.15, -0.1) is 0 Å². The fourth-order valence-corrected chi connectivity index (χ4v) is 2.60. The Morgan fingerprint density at radius 3 is 2.71 bits per heavy atom. The first-order chi connectivity index (χ1) is 11.5. The second-order valence-electron chi connectivity index (χ2n) is 5.42. The average Bonchev–Trinajstić information content (AvgIpc) is 2.58. The van der Waals surface area contributed by atoms with Crippen molar-refractivity contribution in [2.45, 2.75) is 6.54 Å². The molecule has 0 unspecified atom stereocenters. The number of aromatic nitrogens is 1. The van der Waals surface area contributed by atoms with E-state index in [0.29, 0.717) is 16.5 Å². The summed E-state index contributed by atoms with van der Waals surface area (Å²) >= 11 is 0. The molecule has 2 aromatic carbocycles. The van der Waals surface area contributed by atoms with Crippen molar-refractivity contribution in [3.05, 3.63) is 75.8 Å². The maximum absolute atomic E-state index is 13.2. The molecule has 122 valence electrons. The van der Waals surface area contributed by atoms with Crippen molar-refractivity contribution < 1.29 is 14.3 Å². The summed E-state index contributed by atoms with van der Waals surface area (Å²) in [4.78, 5) is 24.8. The molecule has 1 heterocycles. The number of amides is 1. The SMILES string of the molecule is Cn1c(=O)c(C(=O)NCc2cccc(F)c2)c(O)c2ccccc21. The largest absolute Gasteiger partial charge is 0.506 e. The van der Waals surface area contributed by atoms with Crippen molar-refractivity contribution in [1.29, 1.82) is 0 Å². The summed E-state index contributed by atoms with van der Waals surface area (Å²) in [6.07, 6.45) is 0. The summed E-state index contributed by atoms with van der Waals surface area (Å²) in [7, 11) is 1.54. The Labute approximate surface area is 137 Å². The zero-order valence-corrected chi connectivity index (χ0v) is 12.9. The van der Waals surface area contributed by atoms with Crippen LogP contribution in [0.25, 0.3) is 10.9 Å². The maximum Gasteiger partial charge on any atom is 0.267 e. The molecule has 0 atom stereocenters. The summed E-state index contributed by atoms with van der Waals surface area (Å²) in [5.74, 6) is -1.47. The van der Waals surface area contributed by atoms with E-state index in [-0.39, 0.29) is 17.9 Å². The van der Waals surface area contributed by atoms with Gasteiger partial charge in [-0.2, -0.15) is 0 Å². The van der Waals surface area contributed by atoms with Crippen molar-refractivity contribution in [2.24, 2.45) is 7.05 Å². The molecular formula is C18H15FN2O3. The Kier molecular flexibility index (Phi) is 4.04. The number of aromatic hydroxyl groups is 1. The van der Waals surface area contributed by atoms with E-state index in [1.807, 2.05) is 0 Å². The van der Waals surface area contributed by atoms with Crippen molar-refractivity contribution in [1.82, 2.24) is 9.88 Å². The molecule has 0 aliphatic heterocycles. The first-order valence-electron chi connectivity index (χ1n) is 7.32. The summed E-state index contributed by atoms with van der Waals surface area (Å²) in [6.45, 7) is 0.0476. The molecular weight excluding hydrogens is 311 g/mol. The van der Waals surface area contributed by atoms with Gasteiger partial charge in [0.05, 0.1) is 5.52 Å². The molecule has 0 spiro atoms. The Bertz CT molecular complexity index is 995. The lowest BCUT2D eigenvalue weighted by molar-refractivity contribution is 0.0946. The highest BCUT2D eigenvalue weighted by Crippen LogP contribution is 2.25. The molecule has 6 heteroatoms. The minimum Gasteiger partial charge on any atom is -0.506 e. The topological polar surface area (TPSA) is 71.3 Å². The monoisotopic (exact) mass is 326 g/mol. The Balaban J connectivity index is 1.97. The van der Waals surface area contributed by atoms with Gasteiger partial charge in [-0.05, 0) is 29.8 Å². The van der Waals surface area contributed by atoms with Gasteiger partial charge in [0.25, 0.3) is 11.5 Å². The molecule has 0 aliphatic carbocycles. The van der Waals surface area contributed by atoms with Gasteiger partial charge in [-0.1, -0.05) is 24.3 Å². The first kappa shape index (κ1) is 15.7. The number of rotatable bonds is 3. The standard InChI is InChI=1S/C18H15FN2O3/c1-21-14-8-3-2-7-13(14)16(22)15(18(21)24)17(23)20-10-11-5-4-6-12(19)9-11/h2-9,22H,10H2,1H3,(H,20,23). The van der Waals surface area contributed by atoms with Crippen LogP contribution in [0.2, 0.25) is 0 Å². The van der Waals surface area contributed by atoms with Gasteiger partial charge in [0.1, 0.15) is 17.1 Å². The minimum atomic E-state index is -0.705. The Morgan fingerprint density at radius 1 is 1.21 bits per heavy atom. The van der Waals surface area contributed by atoms with Crippen molar-refractivity contribution in [2.75, 3.05) is 0 Å². The van der Waals surface area contributed by atoms with E-state index in [0.717, 1.165) is 0 Å². The number of benzene rings is 2. The highest BCUT2D eigenvalue weighted by atomic mass is 19.1.